The molecule has 2 aliphatic rings. The smallest absolute Gasteiger partial charge is 0.338 e. The lowest BCUT2D eigenvalue weighted by Crippen LogP contribution is -2.73. The molecule has 2 fully saturated rings. The van der Waals surface area contributed by atoms with Gasteiger partial charge in [0.05, 0.1) is 23.6 Å². The predicted molar refractivity (Wildman–Crippen MR) is 90.0 cm³/mol. The van der Waals surface area contributed by atoms with E-state index in [4.69, 9.17) is 11.1 Å². The van der Waals surface area contributed by atoms with E-state index in [0.29, 0.717) is 45.4 Å². The number of piperidine rings is 1. The van der Waals surface area contributed by atoms with Crippen molar-refractivity contribution >= 4 is 5.91 Å². The molecule has 0 aliphatic carbocycles. The molecule has 1 aromatic rings. The monoisotopic (exact) mass is 400 g/mol. The molecular weight excluding hydrogens is 380 g/mol. The molecule has 152 valence electrons. The fourth-order valence-corrected chi connectivity index (χ4v) is 3.81. The molecule has 3 N–H and O–H groups in total. The number of hydrogen-bond acceptors (Lipinski definition) is 6. The van der Waals surface area contributed by atoms with Crippen LogP contribution < -0.4 is 11.3 Å². The lowest BCUT2D eigenvalue weighted by atomic mass is 9.84. The van der Waals surface area contributed by atoms with Gasteiger partial charge in [-0.25, -0.2) is 9.37 Å². The van der Waals surface area contributed by atoms with E-state index in [9.17, 15) is 22.4 Å². The summed E-state index contributed by atoms with van der Waals surface area (Å²) in [7, 11) is 0. The van der Waals surface area contributed by atoms with Crippen molar-refractivity contribution in [2.75, 3.05) is 26.2 Å². The van der Waals surface area contributed by atoms with Crippen LogP contribution in [0.5, 0.6) is 0 Å². The number of aromatic nitrogens is 1. The Hall–Kier alpha value is -2.29. The van der Waals surface area contributed by atoms with Crippen molar-refractivity contribution in [3.63, 3.8) is 0 Å². The lowest BCUT2D eigenvalue weighted by molar-refractivity contribution is -0.143. The molecular formula is C17H20F4N6O. The molecule has 0 unspecified atom stereocenters. The highest BCUT2D eigenvalue weighted by Gasteiger charge is 2.45. The Morgan fingerprint density at radius 3 is 2.57 bits per heavy atom. The number of rotatable bonds is 4. The van der Waals surface area contributed by atoms with E-state index in [2.05, 4.69) is 21.4 Å². The van der Waals surface area contributed by atoms with E-state index >= 15 is 0 Å². The second-order valence-corrected chi connectivity index (χ2v) is 7.21. The third-order valence-electron chi connectivity index (χ3n) is 5.39. The summed E-state index contributed by atoms with van der Waals surface area (Å²) in [6.45, 7) is 1.85. The summed E-state index contributed by atoms with van der Waals surface area (Å²) in [5, 5.41) is 8.88. The normalized spacial score (nSPS) is 20.5. The molecule has 11 heteroatoms. The molecule has 1 aromatic heterocycles. The van der Waals surface area contributed by atoms with E-state index < -0.39 is 34.7 Å². The van der Waals surface area contributed by atoms with Crippen molar-refractivity contribution in [3.8, 4) is 6.07 Å². The topological polar surface area (TPSA) is 98.3 Å². The van der Waals surface area contributed by atoms with E-state index in [1.807, 2.05) is 0 Å². The summed E-state index contributed by atoms with van der Waals surface area (Å²) in [6, 6.07) is 3.25. The third-order valence-corrected chi connectivity index (χ3v) is 5.39. The van der Waals surface area contributed by atoms with Gasteiger partial charge < -0.3 is 4.90 Å². The van der Waals surface area contributed by atoms with Gasteiger partial charge in [0.15, 0.2) is 11.5 Å². The second kappa shape index (κ2) is 7.62. The Morgan fingerprint density at radius 1 is 1.39 bits per heavy atom. The van der Waals surface area contributed by atoms with Gasteiger partial charge in [0.1, 0.15) is 0 Å². The van der Waals surface area contributed by atoms with E-state index in [1.54, 1.807) is 0 Å². The number of amides is 1. The molecule has 0 saturated carbocycles. The minimum Gasteiger partial charge on any atom is -0.338 e. The van der Waals surface area contributed by atoms with Gasteiger partial charge >= 0.3 is 6.18 Å². The molecule has 0 bridgehead atoms. The number of nitrogens with one attached hydrogen (secondary N) is 1. The van der Waals surface area contributed by atoms with Crippen molar-refractivity contribution in [1.29, 1.82) is 5.26 Å². The highest BCUT2D eigenvalue weighted by Crippen LogP contribution is 2.32. The summed E-state index contributed by atoms with van der Waals surface area (Å²) in [6.07, 6.45) is -2.66. The van der Waals surface area contributed by atoms with Gasteiger partial charge in [0.2, 0.25) is 0 Å². The number of nitrogens with zero attached hydrogens (tertiary/aromatic N) is 4. The number of alkyl halides is 3. The lowest BCUT2D eigenvalue weighted by Gasteiger charge is -2.53. The van der Waals surface area contributed by atoms with Gasteiger partial charge in [0.25, 0.3) is 5.91 Å². The number of likely N-dealkylation sites (tertiary alicyclic amines) is 2. The van der Waals surface area contributed by atoms with E-state index in [0.717, 1.165) is 12.3 Å². The maximum atomic E-state index is 14.2. The van der Waals surface area contributed by atoms with Gasteiger partial charge in [0, 0.05) is 38.4 Å². The van der Waals surface area contributed by atoms with Crippen molar-refractivity contribution in [2.45, 2.75) is 37.0 Å². The average molecular weight is 400 g/mol. The fourth-order valence-electron chi connectivity index (χ4n) is 3.81. The molecule has 3 heterocycles. The van der Waals surface area contributed by atoms with Gasteiger partial charge in [-0.1, -0.05) is 0 Å². The summed E-state index contributed by atoms with van der Waals surface area (Å²) < 4.78 is 52.6. The number of hydrazine groups is 1. The first-order valence-electron chi connectivity index (χ1n) is 8.80. The van der Waals surface area contributed by atoms with Crippen LogP contribution in [-0.2, 0) is 6.18 Å². The molecule has 0 atom stereocenters. The molecule has 28 heavy (non-hydrogen) atoms. The summed E-state index contributed by atoms with van der Waals surface area (Å²) >= 11 is 0. The quantitative estimate of drug-likeness (QED) is 0.449. The van der Waals surface area contributed by atoms with Crippen LogP contribution in [-0.4, -0.2) is 58.5 Å². The van der Waals surface area contributed by atoms with Crippen LogP contribution >= 0.6 is 0 Å². The van der Waals surface area contributed by atoms with E-state index in [1.165, 1.54) is 4.90 Å². The zero-order valence-electron chi connectivity index (χ0n) is 15.0. The molecule has 0 radical (unpaired) electrons. The fraction of sp³-hybridized carbons (Fsp3) is 0.588. The number of nitrogens with two attached hydrogens (primary N) is 1. The minimum absolute atomic E-state index is 0.178. The number of carbonyl (C=O) groups is 1. The van der Waals surface area contributed by atoms with Crippen molar-refractivity contribution in [3.05, 3.63) is 29.3 Å². The van der Waals surface area contributed by atoms with Crippen molar-refractivity contribution in [2.24, 2.45) is 5.84 Å². The SMILES string of the molecule is N#CCC1(NN)CN(C2CCN(C(=O)c3ccnc(C(F)(F)F)c3F)CC2)C1. The predicted octanol–water partition coefficient (Wildman–Crippen LogP) is 1.28. The maximum absolute atomic E-state index is 14.2. The van der Waals surface area contributed by atoms with Gasteiger partial charge in [-0.3, -0.25) is 21.0 Å². The first-order chi connectivity index (χ1) is 13.2. The Kier molecular flexibility index (Phi) is 5.56. The second-order valence-electron chi connectivity index (χ2n) is 7.21. The number of pyridine rings is 1. The van der Waals surface area contributed by atoms with Crippen LogP contribution in [0.2, 0.25) is 0 Å². The Morgan fingerprint density at radius 2 is 2.04 bits per heavy atom. The number of halogens is 4. The van der Waals surface area contributed by atoms with E-state index in [-0.39, 0.29) is 6.04 Å². The first-order valence-corrected chi connectivity index (χ1v) is 8.80. The van der Waals surface area contributed by atoms with Gasteiger partial charge in [-0.05, 0) is 18.9 Å². The first kappa shape index (κ1) is 20.4. The third kappa shape index (κ3) is 3.80. The highest BCUT2D eigenvalue weighted by molar-refractivity contribution is 5.94. The Labute approximate surface area is 159 Å². The Bertz CT molecular complexity index is 779. The molecule has 7 nitrogen and oxygen atoms in total. The molecule has 2 aliphatic heterocycles. The van der Waals surface area contributed by atoms with Gasteiger partial charge in [-0.15, -0.1) is 0 Å². The van der Waals surface area contributed by atoms with Crippen LogP contribution in [0, 0.1) is 17.1 Å². The van der Waals surface area contributed by atoms with Crippen LogP contribution in [0.25, 0.3) is 0 Å². The largest absolute Gasteiger partial charge is 0.436 e. The zero-order valence-corrected chi connectivity index (χ0v) is 15.0. The van der Waals surface area contributed by atoms with Crippen LogP contribution in [0.3, 0.4) is 0 Å². The van der Waals surface area contributed by atoms with Crippen LogP contribution in [0.15, 0.2) is 12.3 Å². The standard InChI is InChI=1S/C17H20F4N6O/c18-13-12(1-6-24-14(13)17(19,20)21)15(28)26-7-2-11(3-8-26)27-9-16(10-27,25-23)4-5-22/h1,6,11,25H,2-4,7-10,23H2. The number of nitriles is 1. The summed E-state index contributed by atoms with van der Waals surface area (Å²) in [5.74, 6) is 3.12. The summed E-state index contributed by atoms with van der Waals surface area (Å²) in [5.41, 5.74) is -0.0356. The van der Waals surface area contributed by atoms with Crippen molar-refractivity contribution < 1.29 is 22.4 Å². The molecule has 0 spiro atoms. The van der Waals surface area contributed by atoms with Crippen molar-refractivity contribution in [1.82, 2.24) is 20.2 Å². The average Bonchev–Trinajstić information content (AvgIpc) is 2.63. The number of hydrogen-bond donors (Lipinski definition) is 2. The zero-order chi connectivity index (χ0) is 20.5. The highest BCUT2D eigenvalue weighted by atomic mass is 19.4. The Balaban J connectivity index is 1.61. The van der Waals surface area contributed by atoms with Crippen LogP contribution in [0.4, 0.5) is 17.6 Å². The van der Waals surface area contributed by atoms with Crippen LogP contribution in [0.1, 0.15) is 35.3 Å². The summed E-state index contributed by atoms with van der Waals surface area (Å²) in [4.78, 5) is 19.0. The van der Waals surface area contributed by atoms with Gasteiger partial charge in [-0.2, -0.15) is 18.4 Å². The number of carbonyl (C=O) groups excluding carboxylic acids is 1. The maximum Gasteiger partial charge on any atom is 0.436 e. The molecule has 3 rings (SSSR count). The molecule has 1 amide bonds. The molecule has 2 saturated heterocycles. The minimum atomic E-state index is -4.96. The molecule has 0 aromatic carbocycles.